The fourth-order valence-electron chi connectivity index (χ4n) is 3.11. The molecule has 1 atom stereocenters. The second-order valence-corrected chi connectivity index (χ2v) is 9.60. The van der Waals surface area contributed by atoms with Crippen molar-refractivity contribution in [2.75, 3.05) is 20.1 Å². The van der Waals surface area contributed by atoms with Gasteiger partial charge in [-0.1, -0.05) is 0 Å². The molecule has 3 amide bonds. The number of nitrogens with zero attached hydrogens (tertiary/aromatic N) is 1. The molecule has 3 N–H and O–H groups in total. The predicted molar refractivity (Wildman–Crippen MR) is 108 cm³/mol. The molecule has 1 aliphatic rings. The Morgan fingerprint density at radius 3 is 2.31 bits per heavy atom. The second-order valence-electron chi connectivity index (χ2n) is 7.92. The normalized spacial score (nSPS) is 17.1. The van der Waals surface area contributed by atoms with Crippen LogP contribution in [-0.2, 0) is 19.6 Å². The van der Waals surface area contributed by atoms with Crippen molar-refractivity contribution in [2.24, 2.45) is 0 Å². The highest BCUT2D eigenvalue weighted by Crippen LogP contribution is 2.17. The van der Waals surface area contributed by atoms with Gasteiger partial charge >= 0.3 is 0 Å². The van der Waals surface area contributed by atoms with Crippen LogP contribution in [0.2, 0.25) is 0 Å². The Labute approximate surface area is 171 Å². The molecule has 0 saturated carbocycles. The van der Waals surface area contributed by atoms with E-state index >= 15 is 0 Å². The summed E-state index contributed by atoms with van der Waals surface area (Å²) in [6.45, 7) is 5.44. The Morgan fingerprint density at radius 2 is 1.76 bits per heavy atom. The van der Waals surface area contributed by atoms with E-state index in [9.17, 15) is 22.8 Å². The van der Waals surface area contributed by atoms with Crippen LogP contribution in [-0.4, -0.2) is 62.8 Å². The minimum atomic E-state index is -3.69. The van der Waals surface area contributed by atoms with E-state index in [4.69, 9.17) is 0 Å². The lowest BCUT2D eigenvalue weighted by atomic mass is 10.1. The molecule has 0 radical (unpaired) electrons. The minimum Gasteiger partial charge on any atom is -0.357 e. The zero-order valence-corrected chi connectivity index (χ0v) is 17.9. The zero-order chi connectivity index (χ0) is 21.8. The maximum absolute atomic E-state index is 12.4. The lowest BCUT2D eigenvalue weighted by Gasteiger charge is -2.23. The average Bonchev–Trinajstić information content (AvgIpc) is 3.13. The molecular weight excluding hydrogens is 396 g/mol. The first-order valence-corrected chi connectivity index (χ1v) is 10.9. The Bertz CT molecular complexity index is 875. The summed E-state index contributed by atoms with van der Waals surface area (Å²) >= 11 is 0. The van der Waals surface area contributed by atoms with Gasteiger partial charge in [-0.05, 0) is 57.9 Å². The zero-order valence-electron chi connectivity index (χ0n) is 17.1. The Kier molecular flexibility index (Phi) is 7.02. The van der Waals surface area contributed by atoms with E-state index in [1.807, 2.05) is 0 Å². The van der Waals surface area contributed by atoms with E-state index < -0.39 is 27.5 Å². The summed E-state index contributed by atoms with van der Waals surface area (Å²) in [5.41, 5.74) is -0.394. The minimum absolute atomic E-state index is 0.0468. The molecule has 0 spiro atoms. The standard InChI is InChI=1S/C19H28N4O5S/c1-19(2,3)22-29(27,28)14-9-7-13(8-10-14)17(25)21-12-16(24)23-11-5-6-15(23)18(26)20-4/h7-10,15,22H,5-6,11-12H2,1-4H3,(H,20,26)(H,21,25). The van der Waals surface area contributed by atoms with E-state index in [0.717, 1.165) is 6.42 Å². The molecule has 10 heteroatoms. The van der Waals surface area contributed by atoms with Crippen molar-refractivity contribution in [1.29, 1.82) is 0 Å². The highest BCUT2D eigenvalue weighted by Gasteiger charge is 2.33. The first-order chi connectivity index (χ1) is 13.4. The van der Waals surface area contributed by atoms with Crippen LogP contribution < -0.4 is 15.4 Å². The van der Waals surface area contributed by atoms with Gasteiger partial charge in [0.2, 0.25) is 21.8 Å². The molecule has 1 saturated heterocycles. The largest absolute Gasteiger partial charge is 0.357 e. The number of sulfonamides is 1. The third-order valence-corrected chi connectivity index (χ3v) is 6.16. The summed E-state index contributed by atoms with van der Waals surface area (Å²) in [6, 6.07) is 4.95. The number of amides is 3. The van der Waals surface area contributed by atoms with Crippen LogP contribution in [0.4, 0.5) is 0 Å². The molecule has 1 fully saturated rings. The van der Waals surface area contributed by atoms with Gasteiger partial charge in [-0.25, -0.2) is 13.1 Å². The van der Waals surface area contributed by atoms with Crippen molar-refractivity contribution in [3.05, 3.63) is 29.8 Å². The van der Waals surface area contributed by atoms with E-state index in [2.05, 4.69) is 15.4 Å². The maximum atomic E-state index is 12.4. The SMILES string of the molecule is CNC(=O)C1CCCN1C(=O)CNC(=O)c1ccc(S(=O)(=O)NC(C)(C)C)cc1. The van der Waals surface area contributed by atoms with Crippen molar-refractivity contribution < 1.29 is 22.8 Å². The van der Waals surface area contributed by atoms with Crippen LogP contribution >= 0.6 is 0 Å². The summed E-state index contributed by atoms with van der Waals surface area (Å²) in [5, 5.41) is 5.06. The smallest absolute Gasteiger partial charge is 0.251 e. The van der Waals surface area contributed by atoms with Crippen molar-refractivity contribution in [1.82, 2.24) is 20.3 Å². The number of likely N-dealkylation sites (tertiary alicyclic amines) is 1. The lowest BCUT2D eigenvalue weighted by Crippen LogP contribution is -2.48. The number of hydrogen-bond acceptors (Lipinski definition) is 5. The van der Waals surface area contributed by atoms with Crippen LogP contribution in [0.1, 0.15) is 44.0 Å². The lowest BCUT2D eigenvalue weighted by molar-refractivity contribution is -0.137. The molecular formula is C19H28N4O5S. The van der Waals surface area contributed by atoms with Gasteiger partial charge in [-0.2, -0.15) is 0 Å². The molecule has 1 unspecified atom stereocenters. The second kappa shape index (κ2) is 8.91. The first kappa shape index (κ1) is 22.8. The van der Waals surface area contributed by atoms with Crippen molar-refractivity contribution in [2.45, 2.75) is 50.1 Å². The molecule has 1 aromatic carbocycles. The van der Waals surface area contributed by atoms with E-state index in [-0.39, 0.29) is 28.8 Å². The molecule has 1 aliphatic heterocycles. The molecule has 0 bridgehead atoms. The summed E-state index contributed by atoms with van der Waals surface area (Å²) in [6.07, 6.45) is 1.33. The fourth-order valence-corrected chi connectivity index (χ4v) is 4.53. The third-order valence-electron chi connectivity index (χ3n) is 4.39. The number of carbonyl (C=O) groups excluding carboxylic acids is 3. The van der Waals surface area contributed by atoms with Crippen LogP contribution in [0.25, 0.3) is 0 Å². The Balaban J connectivity index is 1.98. The van der Waals surface area contributed by atoms with E-state index in [1.165, 1.54) is 36.2 Å². The average molecular weight is 425 g/mol. The third kappa shape index (κ3) is 6.01. The molecule has 160 valence electrons. The highest BCUT2D eigenvalue weighted by atomic mass is 32.2. The molecule has 1 heterocycles. The van der Waals surface area contributed by atoms with Gasteiger partial charge in [-0.15, -0.1) is 0 Å². The Hall–Kier alpha value is -2.46. The van der Waals surface area contributed by atoms with Gasteiger partial charge in [0.05, 0.1) is 11.4 Å². The van der Waals surface area contributed by atoms with Crippen LogP contribution in [0.3, 0.4) is 0 Å². The Morgan fingerprint density at radius 1 is 1.14 bits per heavy atom. The summed E-state index contributed by atoms with van der Waals surface area (Å²) in [5.74, 6) is -1.05. The topological polar surface area (TPSA) is 125 Å². The van der Waals surface area contributed by atoms with Gasteiger partial charge in [0.1, 0.15) is 6.04 Å². The predicted octanol–water partition coefficient (Wildman–Crippen LogP) is 0.230. The van der Waals surface area contributed by atoms with Gasteiger partial charge in [0, 0.05) is 24.7 Å². The van der Waals surface area contributed by atoms with E-state index in [1.54, 1.807) is 20.8 Å². The van der Waals surface area contributed by atoms with Crippen molar-refractivity contribution >= 4 is 27.7 Å². The van der Waals surface area contributed by atoms with Gasteiger partial charge < -0.3 is 15.5 Å². The number of nitrogens with one attached hydrogen (secondary N) is 3. The summed E-state index contributed by atoms with van der Waals surface area (Å²) in [7, 11) is -2.17. The fraction of sp³-hybridized carbons (Fsp3) is 0.526. The first-order valence-electron chi connectivity index (χ1n) is 9.38. The molecule has 2 rings (SSSR count). The maximum Gasteiger partial charge on any atom is 0.251 e. The number of rotatable bonds is 6. The molecule has 9 nitrogen and oxygen atoms in total. The van der Waals surface area contributed by atoms with Gasteiger partial charge in [-0.3, -0.25) is 14.4 Å². The molecule has 29 heavy (non-hydrogen) atoms. The number of carbonyl (C=O) groups is 3. The summed E-state index contributed by atoms with van der Waals surface area (Å²) < 4.78 is 27.2. The summed E-state index contributed by atoms with van der Waals surface area (Å²) in [4.78, 5) is 38.0. The van der Waals surface area contributed by atoms with E-state index in [0.29, 0.717) is 13.0 Å². The molecule has 1 aromatic rings. The molecule has 0 aromatic heterocycles. The number of likely N-dealkylation sites (N-methyl/N-ethyl adjacent to an activating group) is 1. The van der Waals surface area contributed by atoms with Crippen molar-refractivity contribution in [3.63, 3.8) is 0 Å². The van der Waals surface area contributed by atoms with Crippen LogP contribution in [0, 0.1) is 0 Å². The van der Waals surface area contributed by atoms with Crippen LogP contribution in [0.15, 0.2) is 29.2 Å². The van der Waals surface area contributed by atoms with Gasteiger partial charge in [0.25, 0.3) is 5.91 Å². The highest BCUT2D eigenvalue weighted by molar-refractivity contribution is 7.89. The van der Waals surface area contributed by atoms with Crippen molar-refractivity contribution in [3.8, 4) is 0 Å². The quantitative estimate of drug-likeness (QED) is 0.603. The molecule has 0 aliphatic carbocycles. The number of hydrogen-bond donors (Lipinski definition) is 3. The number of benzene rings is 1. The van der Waals surface area contributed by atoms with Gasteiger partial charge in [0.15, 0.2) is 0 Å². The monoisotopic (exact) mass is 424 g/mol. The van der Waals surface area contributed by atoms with Crippen LogP contribution in [0.5, 0.6) is 0 Å².